The predicted octanol–water partition coefficient (Wildman–Crippen LogP) is 5.14. The highest BCUT2D eigenvalue weighted by atomic mass is 16.7. The second-order valence-electron chi connectivity index (χ2n) is 9.24. The van der Waals surface area contributed by atoms with Gasteiger partial charge in [0.05, 0.1) is 11.7 Å². The van der Waals surface area contributed by atoms with Gasteiger partial charge in [-0.3, -0.25) is 4.79 Å². The number of carbonyl (C=O) groups excluding carboxylic acids is 1. The van der Waals surface area contributed by atoms with E-state index >= 15 is 0 Å². The molecular weight excluding hydrogens is 456 g/mol. The molecular formula is C29H26N2O5. The van der Waals surface area contributed by atoms with Gasteiger partial charge in [0.1, 0.15) is 0 Å². The van der Waals surface area contributed by atoms with Crippen LogP contribution in [0.1, 0.15) is 29.7 Å². The van der Waals surface area contributed by atoms with Crippen LogP contribution in [-0.2, 0) is 18.3 Å². The van der Waals surface area contributed by atoms with Crippen LogP contribution in [-0.4, -0.2) is 38.9 Å². The van der Waals surface area contributed by atoms with Crippen molar-refractivity contribution in [2.75, 3.05) is 13.3 Å². The van der Waals surface area contributed by atoms with Crippen molar-refractivity contribution in [3.63, 3.8) is 0 Å². The summed E-state index contributed by atoms with van der Waals surface area (Å²) in [5.74, 6) is 1.02. The summed E-state index contributed by atoms with van der Waals surface area (Å²) in [7, 11) is 2.02. The van der Waals surface area contributed by atoms with Gasteiger partial charge in [-0.15, -0.1) is 0 Å². The fraction of sp³-hybridized carbons (Fsp3) is 0.207. The van der Waals surface area contributed by atoms with Gasteiger partial charge in [-0.2, -0.15) is 0 Å². The van der Waals surface area contributed by atoms with Gasteiger partial charge in [-0.1, -0.05) is 18.2 Å². The Bertz CT molecular complexity index is 1550. The number of amides is 1. The number of phenolic OH excluding ortho intramolecular Hbond substituents is 2. The van der Waals surface area contributed by atoms with Crippen LogP contribution in [0.15, 0.2) is 60.7 Å². The maximum absolute atomic E-state index is 13.4. The van der Waals surface area contributed by atoms with Gasteiger partial charge in [0.25, 0.3) is 0 Å². The van der Waals surface area contributed by atoms with E-state index < -0.39 is 0 Å². The quantitative estimate of drug-likeness (QED) is 0.312. The number of aromatic hydroxyl groups is 2. The number of fused-ring (bicyclic) bond motifs is 3. The number of carbonyl (C=O) groups is 1. The lowest BCUT2D eigenvalue weighted by Gasteiger charge is -2.34. The molecule has 0 fully saturated rings. The molecule has 0 saturated heterocycles. The second-order valence-corrected chi connectivity index (χ2v) is 9.24. The average Bonchev–Trinajstić information content (AvgIpc) is 3.46. The van der Waals surface area contributed by atoms with Crippen molar-refractivity contribution < 1.29 is 24.5 Å². The van der Waals surface area contributed by atoms with E-state index in [1.54, 1.807) is 23.1 Å². The van der Waals surface area contributed by atoms with E-state index in [1.165, 1.54) is 0 Å². The predicted molar refractivity (Wildman–Crippen MR) is 137 cm³/mol. The average molecular weight is 483 g/mol. The van der Waals surface area contributed by atoms with Crippen molar-refractivity contribution in [3.8, 4) is 34.3 Å². The van der Waals surface area contributed by atoms with Gasteiger partial charge in [0.15, 0.2) is 23.0 Å². The maximum Gasteiger partial charge on any atom is 0.247 e. The molecule has 0 radical (unpaired) electrons. The lowest BCUT2D eigenvalue weighted by atomic mass is 9.92. The minimum Gasteiger partial charge on any atom is -0.504 e. The van der Waals surface area contributed by atoms with E-state index in [0.29, 0.717) is 18.7 Å². The standard InChI is InChI=1S/C29H26N2O5/c1-17-22-15-25(33)24(32)13-18(22)11-12-31(17)28(34)10-8-21-20-5-3-4-6-23(20)30(2)29(21)19-7-9-26-27(14-19)36-16-35-26/h3-10,13-15,17,32-33H,11-12,16H2,1-2H3/b10-8+. The number of rotatable bonds is 3. The van der Waals surface area contributed by atoms with Gasteiger partial charge in [0, 0.05) is 41.7 Å². The van der Waals surface area contributed by atoms with E-state index in [0.717, 1.165) is 44.6 Å². The Hall–Kier alpha value is -4.39. The second kappa shape index (κ2) is 8.37. The largest absolute Gasteiger partial charge is 0.504 e. The Balaban J connectivity index is 1.38. The number of aryl methyl sites for hydroxylation is 1. The van der Waals surface area contributed by atoms with Crippen LogP contribution < -0.4 is 9.47 Å². The molecule has 7 heteroatoms. The van der Waals surface area contributed by atoms with Crippen LogP contribution in [0.4, 0.5) is 0 Å². The fourth-order valence-corrected chi connectivity index (χ4v) is 5.38. The summed E-state index contributed by atoms with van der Waals surface area (Å²) < 4.78 is 13.2. The molecule has 0 saturated carbocycles. The number of ether oxygens (including phenoxy) is 2. The molecule has 3 heterocycles. The van der Waals surface area contributed by atoms with Gasteiger partial charge in [-0.05, 0) is 66.9 Å². The van der Waals surface area contributed by atoms with Crippen molar-refractivity contribution in [2.45, 2.75) is 19.4 Å². The molecule has 1 atom stereocenters. The first-order valence-electron chi connectivity index (χ1n) is 11.9. The molecule has 1 unspecified atom stereocenters. The van der Waals surface area contributed by atoms with Crippen LogP contribution in [0, 0.1) is 0 Å². The third kappa shape index (κ3) is 3.47. The molecule has 2 N–H and O–H groups in total. The molecule has 0 aliphatic carbocycles. The number of aromatic nitrogens is 1. The van der Waals surface area contributed by atoms with E-state index in [9.17, 15) is 15.0 Å². The minimum absolute atomic E-state index is 0.106. The highest BCUT2D eigenvalue weighted by Gasteiger charge is 2.28. The lowest BCUT2D eigenvalue weighted by molar-refractivity contribution is -0.128. The molecule has 4 aromatic rings. The normalized spacial score (nSPS) is 16.6. The first-order chi connectivity index (χ1) is 17.4. The zero-order valence-electron chi connectivity index (χ0n) is 20.1. The molecule has 0 bridgehead atoms. The number of nitrogens with zero attached hydrogens (tertiary/aromatic N) is 2. The molecule has 182 valence electrons. The zero-order valence-corrected chi connectivity index (χ0v) is 20.1. The lowest BCUT2D eigenvalue weighted by Crippen LogP contribution is -2.37. The maximum atomic E-state index is 13.4. The molecule has 6 rings (SSSR count). The first kappa shape index (κ1) is 22.1. The Morgan fingerprint density at radius 3 is 2.67 bits per heavy atom. The SMILES string of the molecule is CC1c2cc(O)c(O)cc2CCN1C(=O)/C=C/c1c(-c2ccc3c(c2)OCO3)n(C)c2ccccc12. The van der Waals surface area contributed by atoms with Crippen molar-refractivity contribution in [3.05, 3.63) is 77.4 Å². The minimum atomic E-state index is -0.224. The van der Waals surface area contributed by atoms with Crippen LogP contribution in [0.2, 0.25) is 0 Å². The van der Waals surface area contributed by atoms with Crippen molar-refractivity contribution >= 4 is 22.9 Å². The summed E-state index contributed by atoms with van der Waals surface area (Å²) in [4.78, 5) is 15.2. The smallest absolute Gasteiger partial charge is 0.247 e. The number of phenols is 2. The fourth-order valence-electron chi connectivity index (χ4n) is 5.38. The molecule has 2 aliphatic rings. The highest BCUT2D eigenvalue weighted by molar-refractivity contribution is 6.01. The van der Waals surface area contributed by atoms with Gasteiger partial charge >= 0.3 is 0 Å². The van der Waals surface area contributed by atoms with Crippen LogP contribution in [0.3, 0.4) is 0 Å². The Morgan fingerprint density at radius 1 is 1.03 bits per heavy atom. The Morgan fingerprint density at radius 2 is 1.81 bits per heavy atom. The number of benzene rings is 3. The summed E-state index contributed by atoms with van der Waals surface area (Å²) >= 11 is 0. The highest BCUT2D eigenvalue weighted by Crippen LogP contribution is 2.40. The molecule has 2 aliphatic heterocycles. The number of para-hydroxylation sites is 1. The summed E-state index contributed by atoms with van der Waals surface area (Å²) in [6.45, 7) is 2.69. The summed E-state index contributed by atoms with van der Waals surface area (Å²) in [5.41, 5.74) is 5.77. The number of hydrogen-bond donors (Lipinski definition) is 2. The van der Waals surface area contributed by atoms with Crippen LogP contribution in [0.5, 0.6) is 23.0 Å². The van der Waals surface area contributed by atoms with E-state index in [1.807, 2.05) is 50.4 Å². The monoisotopic (exact) mass is 482 g/mol. The molecule has 0 spiro atoms. The third-order valence-corrected chi connectivity index (χ3v) is 7.24. The van der Waals surface area contributed by atoms with E-state index in [4.69, 9.17) is 9.47 Å². The van der Waals surface area contributed by atoms with Crippen LogP contribution >= 0.6 is 0 Å². The Labute approximate surface area is 208 Å². The van der Waals surface area contributed by atoms with E-state index in [2.05, 4.69) is 16.7 Å². The Kier molecular flexibility index (Phi) is 5.14. The van der Waals surface area contributed by atoms with Gasteiger partial charge < -0.3 is 29.2 Å². The topological polar surface area (TPSA) is 84.2 Å². The summed E-state index contributed by atoms with van der Waals surface area (Å²) in [5, 5.41) is 20.9. The third-order valence-electron chi connectivity index (χ3n) is 7.24. The van der Waals surface area contributed by atoms with Crippen molar-refractivity contribution in [2.24, 2.45) is 7.05 Å². The number of hydrogen-bond acceptors (Lipinski definition) is 5. The zero-order chi connectivity index (χ0) is 25.0. The van der Waals surface area contributed by atoms with E-state index in [-0.39, 0.29) is 30.2 Å². The first-order valence-corrected chi connectivity index (χ1v) is 11.9. The molecule has 3 aromatic carbocycles. The summed E-state index contributed by atoms with van der Waals surface area (Å²) in [6.07, 6.45) is 4.13. The molecule has 1 amide bonds. The molecule has 7 nitrogen and oxygen atoms in total. The van der Waals surface area contributed by atoms with Gasteiger partial charge in [-0.25, -0.2) is 0 Å². The van der Waals surface area contributed by atoms with Crippen molar-refractivity contribution in [1.82, 2.24) is 9.47 Å². The van der Waals surface area contributed by atoms with Crippen LogP contribution in [0.25, 0.3) is 28.2 Å². The molecule has 1 aromatic heterocycles. The van der Waals surface area contributed by atoms with Gasteiger partial charge in [0.2, 0.25) is 12.7 Å². The summed E-state index contributed by atoms with van der Waals surface area (Å²) in [6, 6.07) is 16.9. The van der Waals surface area contributed by atoms with Crippen molar-refractivity contribution in [1.29, 1.82) is 0 Å². The molecule has 36 heavy (non-hydrogen) atoms.